The van der Waals surface area contributed by atoms with Crippen molar-refractivity contribution < 1.29 is 19.5 Å². The fraction of sp³-hybridized carbons (Fsp3) is 0.355. The van der Waals surface area contributed by atoms with Crippen LogP contribution in [-0.2, 0) is 22.6 Å². The van der Waals surface area contributed by atoms with E-state index in [1.807, 2.05) is 74.5 Å². The highest BCUT2D eigenvalue weighted by Crippen LogP contribution is 2.40. The number of thioether (sulfide) groups is 1. The molecule has 0 saturated carbocycles. The van der Waals surface area contributed by atoms with E-state index in [1.165, 1.54) is 16.7 Å². The summed E-state index contributed by atoms with van der Waals surface area (Å²) in [4.78, 5) is 48.1. The maximum atomic E-state index is 13.9. The molecule has 0 bridgehead atoms. The number of pyridine rings is 1. The van der Waals surface area contributed by atoms with Crippen molar-refractivity contribution in [2.24, 2.45) is 0 Å². The van der Waals surface area contributed by atoms with Crippen molar-refractivity contribution >= 4 is 29.5 Å². The second-order valence-electron chi connectivity index (χ2n) is 10.6. The molecule has 2 heterocycles. The molecule has 8 nitrogen and oxygen atoms in total. The van der Waals surface area contributed by atoms with E-state index in [0.717, 1.165) is 11.1 Å². The first-order chi connectivity index (χ1) is 19.1. The molecule has 1 aliphatic heterocycles. The Morgan fingerprint density at radius 1 is 1.05 bits per heavy atom. The molecule has 1 aromatic heterocycles. The first kappa shape index (κ1) is 29.3. The van der Waals surface area contributed by atoms with Crippen LogP contribution in [0.4, 0.5) is 0 Å². The fourth-order valence-electron chi connectivity index (χ4n) is 4.95. The molecule has 1 fully saturated rings. The number of aliphatic hydroxyl groups is 1. The second kappa shape index (κ2) is 12.7. The predicted molar refractivity (Wildman–Crippen MR) is 156 cm³/mol. The molecule has 1 saturated heterocycles. The van der Waals surface area contributed by atoms with E-state index in [4.69, 9.17) is 0 Å². The number of rotatable bonds is 9. The van der Waals surface area contributed by atoms with Crippen LogP contribution < -0.4 is 5.32 Å². The number of nitrogens with one attached hydrogen (secondary N) is 1. The molecule has 9 heteroatoms. The first-order valence-electron chi connectivity index (χ1n) is 13.3. The highest BCUT2D eigenvalue weighted by atomic mass is 32.2. The lowest BCUT2D eigenvalue weighted by Gasteiger charge is -2.35. The minimum Gasteiger partial charge on any atom is -0.381 e. The number of hydrogen-bond donors (Lipinski definition) is 2. The molecule has 1 aliphatic rings. The summed E-state index contributed by atoms with van der Waals surface area (Å²) in [6.07, 6.45) is 0.269. The Labute approximate surface area is 239 Å². The van der Waals surface area contributed by atoms with Gasteiger partial charge >= 0.3 is 0 Å². The van der Waals surface area contributed by atoms with Gasteiger partial charge in [-0.05, 0) is 50.5 Å². The van der Waals surface area contributed by atoms with Gasteiger partial charge in [-0.3, -0.25) is 19.4 Å². The summed E-state index contributed by atoms with van der Waals surface area (Å²) >= 11 is 1.49. The Balaban J connectivity index is 1.57. The summed E-state index contributed by atoms with van der Waals surface area (Å²) in [6, 6.07) is 20.7. The van der Waals surface area contributed by atoms with E-state index >= 15 is 0 Å². The van der Waals surface area contributed by atoms with Crippen molar-refractivity contribution in [3.63, 3.8) is 0 Å². The third-order valence-electron chi connectivity index (χ3n) is 7.20. The molecular weight excluding hydrogens is 524 g/mol. The van der Waals surface area contributed by atoms with Crippen molar-refractivity contribution in [1.82, 2.24) is 20.1 Å². The summed E-state index contributed by atoms with van der Waals surface area (Å²) in [6.45, 7) is 6.00. The smallest absolute Gasteiger partial charge is 0.254 e. The number of carbonyl (C=O) groups excluding carboxylic acids is 3. The Morgan fingerprint density at radius 2 is 1.68 bits per heavy atom. The largest absolute Gasteiger partial charge is 0.381 e. The predicted octanol–water partition coefficient (Wildman–Crippen LogP) is 3.43. The molecule has 3 atom stereocenters. The number of hydrogen-bond acceptors (Lipinski definition) is 6. The summed E-state index contributed by atoms with van der Waals surface area (Å²) in [5.41, 5.74) is 2.75. The maximum Gasteiger partial charge on any atom is 0.254 e. The Hall–Kier alpha value is -3.69. The molecule has 0 spiro atoms. The summed E-state index contributed by atoms with van der Waals surface area (Å²) in [5.74, 6) is -0.959. The number of amides is 3. The fourth-order valence-corrected chi connectivity index (χ4v) is 6.09. The summed E-state index contributed by atoms with van der Waals surface area (Å²) in [5, 5.41) is 14.3. The number of benzene rings is 2. The lowest BCUT2D eigenvalue weighted by molar-refractivity contribution is -0.150. The van der Waals surface area contributed by atoms with Gasteiger partial charge in [0.25, 0.3) is 11.8 Å². The maximum absolute atomic E-state index is 13.9. The molecule has 3 unspecified atom stereocenters. The third kappa shape index (κ3) is 6.71. The van der Waals surface area contributed by atoms with Crippen molar-refractivity contribution in [3.05, 3.63) is 101 Å². The molecule has 0 aliphatic carbocycles. The standard InChI is InChI=1S/C31H36N4O4S/c1-21-24(16-11-17-32-21)28(37)33-25(18-22-12-7-5-8-13-22)26(36)29(38)35-20-40-31(2,3)27(35)30(39)34(4)19-23-14-9-6-10-15-23/h5-17,25-27,36H,18-20H2,1-4H3,(H,33,37). The minimum absolute atomic E-state index is 0.200. The van der Waals surface area contributed by atoms with Crippen LogP contribution in [0.1, 0.15) is 41.0 Å². The van der Waals surface area contributed by atoms with Crippen LogP contribution >= 0.6 is 11.8 Å². The molecule has 2 N–H and O–H groups in total. The van der Waals surface area contributed by atoms with E-state index in [2.05, 4.69) is 10.3 Å². The van der Waals surface area contributed by atoms with Gasteiger partial charge in [0.1, 0.15) is 6.04 Å². The second-order valence-corrected chi connectivity index (χ2v) is 12.2. The van der Waals surface area contributed by atoms with Crippen LogP contribution in [-0.4, -0.2) is 73.5 Å². The summed E-state index contributed by atoms with van der Waals surface area (Å²) in [7, 11) is 1.72. The molecule has 3 aromatic rings. The van der Waals surface area contributed by atoms with Gasteiger partial charge in [-0.2, -0.15) is 0 Å². The summed E-state index contributed by atoms with van der Waals surface area (Å²) < 4.78 is -0.567. The molecule has 0 radical (unpaired) electrons. The van der Waals surface area contributed by atoms with Crippen molar-refractivity contribution in [2.75, 3.05) is 12.9 Å². The highest BCUT2D eigenvalue weighted by molar-refractivity contribution is 8.00. The lowest BCUT2D eigenvalue weighted by Crippen LogP contribution is -2.58. The normalized spacial score (nSPS) is 17.6. The molecular formula is C31H36N4O4S. The van der Waals surface area contributed by atoms with E-state index in [9.17, 15) is 19.5 Å². The van der Waals surface area contributed by atoms with Crippen LogP contribution in [0, 0.1) is 6.92 Å². The Morgan fingerprint density at radius 3 is 2.30 bits per heavy atom. The van der Waals surface area contributed by atoms with Gasteiger partial charge in [-0.1, -0.05) is 60.7 Å². The highest BCUT2D eigenvalue weighted by Gasteiger charge is 2.50. The molecule has 4 rings (SSSR count). The van der Waals surface area contributed by atoms with Gasteiger partial charge in [-0.15, -0.1) is 11.8 Å². The zero-order valence-electron chi connectivity index (χ0n) is 23.3. The quantitative estimate of drug-likeness (QED) is 0.416. The van der Waals surface area contributed by atoms with E-state index in [-0.39, 0.29) is 18.2 Å². The van der Waals surface area contributed by atoms with E-state index in [0.29, 0.717) is 17.8 Å². The number of aromatic nitrogens is 1. The van der Waals surface area contributed by atoms with Crippen molar-refractivity contribution in [2.45, 2.75) is 56.7 Å². The average molecular weight is 561 g/mol. The van der Waals surface area contributed by atoms with Crippen LogP contribution in [0.3, 0.4) is 0 Å². The lowest BCUT2D eigenvalue weighted by atomic mass is 9.96. The molecule has 40 heavy (non-hydrogen) atoms. The number of nitrogens with zero attached hydrogens (tertiary/aromatic N) is 3. The number of aliphatic hydroxyl groups excluding tert-OH is 1. The number of carbonyl (C=O) groups is 3. The van der Waals surface area contributed by atoms with Crippen molar-refractivity contribution in [1.29, 1.82) is 0 Å². The van der Waals surface area contributed by atoms with E-state index in [1.54, 1.807) is 37.2 Å². The zero-order valence-corrected chi connectivity index (χ0v) is 24.1. The molecule has 3 amide bonds. The van der Waals surface area contributed by atoms with Crippen LogP contribution in [0.25, 0.3) is 0 Å². The van der Waals surface area contributed by atoms with Crippen LogP contribution in [0.15, 0.2) is 79.0 Å². The van der Waals surface area contributed by atoms with Crippen LogP contribution in [0.2, 0.25) is 0 Å². The van der Waals surface area contributed by atoms with Gasteiger partial charge in [0.15, 0.2) is 6.10 Å². The number of aryl methyl sites for hydroxylation is 1. The van der Waals surface area contributed by atoms with Crippen molar-refractivity contribution in [3.8, 4) is 0 Å². The number of likely N-dealkylation sites (N-methyl/N-ethyl adjacent to an activating group) is 1. The molecule has 2 aromatic carbocycles. The van der Waals surface area contributed by atoms with Gasteiger partial charge in [0.05, 0.1) is 17.5 Å². The van der Waals surface area contributed by atoms with E-state index < -0.39 is 34.7 Å². The Kier molecular flexibility index (Phi) is 9.27. The first-order valence-corrected chi connectivity index (χ1v) is 14.2. The van der Waals surface area contributed by atoms with Gasteiger partial charge < -0.3 is 20.2 Å². The minimum atomic E-state index is -1.56. The average Bonchev–Trinajstić information content (AvgIpc) is 3.27. The monoisotopic (exact) mass is 560 g/mol. The zero-order chi connectivity index (χ0) is 28.9. The van der Waals surface area contributed by atoms with Gasteiger partial charge in [0, 0.05) is 30.2 Å². The van der Waals surface area contributed by atoms with Gasteiger partial charge in [-0.25, -0.2) is 0 Å². The third-order valence-corrected chi connectivity index (χ3v) is 8.58. The Bertz CT molecular complexity index is 1340. The van der Waals surface area contributed by atoms with Gasteiger partial charge in [0.2, 0.25) is 5.91 Å². The van der Waals surface area contributed by atoms with Crippen LogP contribution in [0.5, 0.6) is 0 Å². The topological polar surface area (TPSA) is 103 Å². The molecule has 210 valence electrons. The SMILES string of the molecule is Cc1ncccc1C(=O)NC(Cc1ccccc1)C(O)C(=O)N1CSC(C)(C)C1C(=O)N(C)Cc1ccccc1.